The molecule has 0 bridgehead atoms. The summed E-state index contributed by atoms with van der Waals surface area (Å²) in [4.78, 5) is 10.8. The van der Waals surface area contributed by atoms with E-state index in [2.05, 4.69) is 29.4 Å². The first-order chi connectivity index (χ1) is 7.99. The van der Waals surface area contributed by atoms with Gasteiger partial charge in [0.1, 0.15) is 5.82 Å². The minimum Gasteiger partial charge on any atom is -0.367 e. The van der Waals surface area contributed by atoms with Gasteiger partial charge in [0.2, 0.25) is 0 Å². The second-order valence-corrected chi connectivity index (χ2v) is 4.44. The van der Waals surface area contributed by atoms with Gasteiger partial charge in [-0.3, -0.25) is 4.79 Å². The summed E-state index contributed by atoms with van der Waals surface area (Å²) in [6, 6.07) is 3.27. The molecule has 0 saturated carbocycles. The summed E-state index contributed by atoms with van der Waals surface area (Å²) < 4.78 is 0. The maximum atomic E-state index is 10.8. The van der Waals surface area contributed by atoms with Crippen LogP contribution >= 0.6 is 0 Å². The van der Waals surface area contributed by atoms with E-state index in [1.807, 2.05) is 0 Å². The molecule has 0 aliphatic heterocycles. The Morgan fingerprint density at radius 1 is 1.41 bits per heavy atom. The number of primary amides is 1. The first kappa shape index (κ1) is 13.4. The van der Waals surface area contributed by atoms with Crippen molar-refractivity contribution in [1.29, 1.82) is 0 Å². The monoisotopic (exact) mass is 237 g/mol. The molecule has 1 atom stereocenters. The smallest absolute Gasteiger partial charge is 0.269 e. The highest BCUT2D eigenvalue weighted by molar-refractivity contribution is 5.90. The van der Waals surface area contributed by atoms with Gasteiger partial charge in [-0.05, 0) is 24.5 Å². The summed E-state index contributed by atoms with van der Waals surface area (Å²) in [5, 5.41) is 10.6. The molecule has 5 N–H and O–H groups in total. The zero-order valence-corrected chi connectivity index (χ0v) is 10.2. The number of carbonyl (C=O) groups excluding carboxylic acids is 1. The standard InChI is InChI=1S/C11H19N5O/c1-7(2)5-8(12)6-14-10-4-3-9(11(13)17)15-16-10/h3-4,7-8H,5-6,12H2,1-2H3,(H2,13,17)(H,14,16). The van der Waals surface area contributed by atoms with Gasteiger partial charge in [0.15, 0.2) is 5.69 Å². The fraction of sp³-hybridized carbons (Fsp3) is 0.545. The van der Waals surface area contributed by atoms with Gasteiger partial charge in [-0.15, -0.1) is 10.2 Å². The summed E-state index contributed by atoms with van der Waals surface area (Å²) >= 11 is 0. The van der Waals surface area contributed by atoms with E-state index in [4.69, 9.17) is 11.5 Å². The largest absolute Gasteiger partial charge is 0.367 e. The van der Waals surface area contributed by atoms with Crippen LogP contribution in [-0.4, -0.2) is 28.7 Å². The molecule has 17 heavy (non-hydrogen) atoms. The van der Waals surface area contributed by atoms with E-state index in [1.54, 1.807) is 6.07 Å². The molecule has 0 aromatic carbocycles. The molecule has 94 valence electrons. The normalized spacial score (nSPS) is 12.5. The summed E-state index contributed by atoms with van der Waals surface area (Å²) in [5.74, 6) is 0.574. The number of amides is 1. The van der Waals surface area contributed by atoms with Gasteiger partial charge in [0, 0.05) is 12.6 Å². The second kappa shape index (κ2) is 6.15. The number of nitrogens with one attached hydrogen (secondary N) is 1. The fourth-order valence-electron chi connectivity index (χ4n) is 1.48. The lowest BCUT2D eigenvalue weighted by atomic mass is 10.0. The van der Waals surface area contributed by atoms with Crippen LogP contribution in [0, 0.1) is 5.92 Å². The molecule has 1 aromatic rings. The third kappa shape index (κ3) is 4.78. The Labute approximate surface area is 101 Å². The van der Waals surface area contributed by atoms with Crippen LogP contribution in [0.3, 0.4) is 0 Å². The first-order valence-corrected chi connectivity index (χ1v) is 5.62. The SMILES string of the molecule is CC(C)CC(N)CNc1ccc(C(N)=O)nn1. The number of anilines is 1. The summed E-state index contributed by atoms with van der Waals surface area (Å²) in [6.45, 7) is 4.88. The Morgan fingerprint density at radius 2 is 2.12 bits per heavy atom. The summed E-state index contributed by atoms with van der Waals surface area (Å²) in [6.07, 6.45) is 0.944. The van der Waals surface area contributed by atoms with Crippen molar-refractivity contribution in [2.75, 3.05) is 11.9 Å². The quantitative estimate of drug-likeness (QED) is 0.662. The highest BCUT2D eigenvalue weighted by Gasteiger charge is 2.06. The van der Waals surface area contributed by atoms with Crippen molar-refractivity contribution in [1.82, 2.24) is 10.2 Å². The molecule has 6 nitrogen and oxygen atoms in total. The van der Waals surface area contributed by atoms with Crippen LogP contribution in [0.1, 0.15) is 30.8 Å². The maximum absolute atomic E-state index is 10.8. The van der Waals surface area contributed by atoms with Crippen molar-refractivity contribution in [3.8, 4) is 0 Å². The number of rotatable bonds is 6. The average Bonchev–Trinajstić information content (AvgIpc) is 2.26. The minimum absolute atomic E-state index is 0.0765. The molecular weight excluding hydrogens is 218 g/mol. The Hall–Kier alpha value is -1.69. The number of nitrogens with two attached hydrogens (primary N) is 2. The highest BCUT2D eigenvalue weighted by Crippen LogP contribution is 2.05. The zero-order chi connectivity index (χ0) is 12.8. The van der Waals surface area contributed by atoms with Crippen molar-refractivity contribution in [2.45, 2.75) is 26.3 Å². The van der Waals surface area contributed by atoms with Crippen LogP contribution in [0.4, 0.5) is 5.82 Å². The molecule has 0 aliphatic rings. The number of aromatic nitrogens is 2. The molecule has 1 aromatic heterocycles. The van der Waals surface area contributed by atoms with Gasteiger partial charge in [0.05, 0.1) is 0 Å². The molecule has 0 aliphatic carbocycles. The topological polar surface area (TPSA) is 107 Å². The lowest BCUT2D eigenvalue weighted by Crippen LogP contribution is -2.30. The molecule has 0 spiro atoms. The van der Waals surface area contributed by atoms with Gasteiger partial charge >= 0.3 is 0 Å². The molecule has 1 heterocycles. The Balaban J connectivity index is 2.44. The van der Waals surface area contributed by atoms with Crippen molar-refractivity contribution >= 4 is 11.7 Å². The Morgan fingerprint density at radius 3 is 2.59 bits per heavy atom. The first-order valence-electron chi connectivity index (χ1n) is 5.62. The summed E-state index contributed by atoms with van der Waals surface area (Å²) in [5.41, 5.74) is 11.1. The maximum Gasteiger partial charge on any atom is 0.269 e. The van der Waals surface area contributed by atoms with Crippen LogP contribution in [0.5, 0.6) is 0 Å². The van der Waals surface area contributed by atoms with E-state index in [0.717, 1.165) is 6.42 Å². The van der Waals surface area contributed by atoms with E-state index >= 15 is 0 Å². The van der Waals surface area contributed by atoms with Crippen LogP contribution < -0.4 is 16.8 Å². The predicted octanol–water partition coefficient (Wildman–Crippen LogP) is 0.361. The Bertz CT molecular complexity index is 363. The van der Waals surface area contributed by atoms with Crippen LogP contribution in [0.25, 0.3) is 0 Å². The molecule has 6 heteroatoms. The average molecular weight is 237 g/mol. The van der Waals surface area contributed by atoms with Gasteiger partial charge in [-0.25, -0.2) is 0 Å². The van der Waals surface area contributed by atoms with Gasteiger partial charge in [-0.2, -0.15) is 0 Å². The van der Waals surface area contributed by atoms with Crippen molar-refractivity contribution in [2.24, 2.45) is 17.4 Å². The Kier molecular flexibility index (Phi) is 4.84. The van der Waals surface area contributed by atoms with Gasteiger partial charge in [-0.1, -0.05) is 13.8 Å². The number of hydrogen-bond acceptors (Lipinski definition) is 5. The predicted molar refractivity (Wildman–Crippen MR) is 66.5 cm³/mol. The van der Waals surface area contributed by atoms with E-state index in [0.29, 0.717) is 18.3 Å². The molecule has 1 amide bonds. The lowest BCUT2D eigenvalue weighted by molar-refractivity contribution is 0.0994. The number of carbonyl (C=O) groups is 1. The van der Waals surface area contributed by atoms with Crippen molar-refractivity contribution < 1.29 is 4.79 Å². The third-order valence-corrected chi connectivity index (χ3v) is 2.24. The van der Waals surface area contributed by atoms with Crippen LogP contribution in [-0.2, 0) is 0 Å². The van der Waals surface area contributed by atoms with E-state index < -0.39 is 5.91 Å². The molecular formula is C11H19N5O. The molecule has 0 radical (unpaired) electrons. The van der Waals surface area contributed by atoms with E-state index in [-0.39, 0.29) is 11.7 Å². The fourth-order valence-corrected chi connectivity index (χ4v) is 1.48. The summed E-state index contributed by atoms with van der Waals surface area (Å²) in [7, 11) is 0. The number of hydrogen-bond donors (Lipinski definition) is 3. The highest BCUT2D eigenvalue weighted by atomic mass is 16.1. The van der Waals surface area contributed by atoms with Crippen LogP contribution in [0.2, 0.25) is 0 Å². The van der Waals surface area contributed by atoms with Gasteiger partial charge in [0.25, 0.3) is 5.91 Å². The van der Waals surface area contributed by atoms with Crippen LogP contribution in [0.15, 0.2) is 12.1 Å². The molecule has 0 fully saturated rings. The lowest BCUT2D eigenvalue weighted by Gasteiger charge is -2.14. The van der Waals surface area contributed by atoms with Crippen molar-refractivity contribution in [3.63, 3.8) is 0 Å². The minimum atomic E-state index is -0.583. The molecule has 1 rings (SSSR count). The van der Waals surface area contributed by atoms with Crippen molar-refractivity contribution in [3.05, 3.63) is 17.8 Å². The van der Waals surface area contributed by atoms with E-state index in [1.165, 1.54) is 6.07 Å². The molecule has 1 unspecified atom stereocenters. The zero-order valence-electron chi connectivity index (χ0n) is 10.2. The third-order valence-electron chi connectivity index (χ3n) is 2.24. The number of nitrogens with zero attached hydrogens (tertiary/aromatic N) is 2. The van der Waals surface area contributed by atoms with Gasteiger partial charge < -0.3 is 16.8 Å². The molecule has 0 saturated heterocycles. The van der Waals surface area contributed by atoms with E-state index in [9.17, 15) is 4.79 Å². The second-order valence-electron chi connectivity index (χ2n) is 4.44.